The maximum atomic E-state index is 12.8. The van der Waals surface area contributed by atoms with Gasteiger partial charge in [-0.3, -0.25) is 19.7 Å². The van der Waals surface area contributed by atoms with Gasteiger partial charge < -0.3 is 9.67 Å². The largest absolute Gasteiger partial charge is 0.502 e. The number of hydrazone groups is 1. The van der Waals surface area contributed by atoms with Crippen LogP contribution in [-0.4, -0.2) is 26.7 Å². The zero-order chi connectivity index (χ0) is 22.0. The van der Waals surface area contributed by atoms with E-state index in [0.717, 1.165) is 6.07 Å². The Labute approximate surface area is 175 Å². The molecule has 0 unspecified atom stereocenters. The molecule has 0 bridgehead atoms. The molecule has 0 atom stereocenters. The minimum atomic E-state index is -0.711. The Kier molecular flexibility index (Phi) is 5.15. The maximum Gasteiger partial charge on any atom is 0.311 e. The van der Waals surface area contributed by atoms with Crippen LogP contribution in [-0.2, 0) is 11.3 Å². The summed E-state index contributed by atoms with van der Waals surface area (Å²) in [6.45, 7) is -0.0889. The van der Waals surface area contributed by atoms with Gasteiger partial charge in [0.1, 0.15) is 6.54 Å². The number of nitrogens with one attached hydrogen (secondary N) is 1. The highest BCUT2D eigenvalue weighted by Crippen LogP contribution is 2.25. The molecule has 1 aromatic heterocycles. The molecule has 0 aliphatic heterocycles. The van der Waals surface area contributed by atoms with Gasteiger partial charge in [0, 0.05) is 22.4 Å². The first-order valence-corrected chi connectivity index (χ1v) is 9.25. The van der Waals surface area contributed by atoms with Gasteiger partial charge in [-0.2, -0.15) is 5.10 Å². The average molecular weight is 416 g/mol. The lowest BCUT2D eigenvalue weighted by Crippen LogP contribution is -2.25. The molecule has 4 aromatic rings. The summed E-state index contributed by atoms with van der Waals surface area (Å²) in [5.74, 6) is -0.897. The van der Waals surface area contributed by atoms with Crippen molar-refractivity contribution >= 4 is 39.6 Å². The lowest BCUT2D eigenvalue weighted by Gasteiger charge is -2.14. The zero-order valence-corrected chi connectivity index (χ0v) is 16.1. The number of benzene rings is 3. The van der Waals surface area contributed by atoms with Crippen LogP contribution in [0, 0.1) is 10.1 Å². The molecule has 2 N–H and O–H groups in total. The van der Waals surface area contributed by atoms with E-state index in [1.54, 1.807) is 53.1 Å². The fourth-order valence-electron chi connectivity index (χ4n) is 3.37. The van der Waals surface area contributed by atoms with Crippen molar-refractivity contribution in [3.63, 3.8) is 0 Å². The van der Waals surface area contributed by atoms with E-state index < -0.39 is 22.3 Å². The monoisotopic (exact) mass is 416 g/mol. The summed E-state index contributed by atoms with van der Waals surface area (Å²) in [7, 11) is 0. The Hall–Kier alpha value is -4.53. The molecule has 0 aliphatic rings. The van der Waals surface area contributed by atoms with Crippen molar-refractivity contribution < 1.29 is 14.8 Å². The minimum absolute atomic E-state index is 0.0889. The summed E-state index contributed by atoms with van der Waals surface area (Å²) in [5.41, 5.74) is 3.41. The number of fused-ring (bicyclic) bond motifs is 2. The third-order valence-electron chi connectivity index (χ3n) is 4.78. The number of nitro benzene ring substituents is 1. The minimum Gasteiger partial charge on any atom is -0.502 e. The standard InChI is InChI=1S/C22H16N4O5/c27-20-10-9-14(11-19(20)26(30)31)12-23-24-21(28)13-25-17-7-3-1-5-15(17)22(29)16-6-2-4-8-18(16)25/h1-12,27H,13H2,(H,24,28). The van der Waals surface area contributed by atoms with Gasteiger partial charge in [-0.1, -0.05) is 24.3 Å². The van der Waals surface area contributed by atoms with Crippen LogP contribution in [0.25, 0.3) is 21.8 Å². The number of pyridine rings is 1. The topological polar surface area (TPSA) is 127 Å². The lowest BCUT2D eigenvalue weighted by atomic mass is 10.1. The van der Waals surface area contributed by atoms with Crippen molar-refractivity contribution in [1.29, 1.82) is 0 Å². The van der Waals surface area contributed by atoms with Crippen molar-refractivity contribution in [1.82, 2.24) is 9.99 Å². The first-order valence-electron chi connectivity index (χ1n) is 9.25. The fraction of sp³-hybridized carbons (Fsp3) is 0.0455. The van der Waals surface area contributed by atoms with E-state index in [1.165, 1.54) is 18.3 Å². The summed E-state index contributed by atoms with van der Waals surface area (Å²) in [6, 6.07) is 17.9. The van der Waals surface area contributed by atoms with E-state index in [-0.39, 0.29) is 12.0 Å². The number of nitro groups is 1. The second-order valence-corrected chi connectivity index (χ2v) is 6.75. The molecule has 31 heavy (non-hydrogen) atoms. The summed E-state index contributed by atoms with van der Waals surface area (Å²) in [5, 5.41) is 25.3. The lowest BCUT2D eigenvalue weighted by molar-refractivity contribution is -0.385. The highest BCUT2D eigenvalue weighted by Gasteiger charge is 2.14. The normalized spacial score (nSPS) is 11.2. The number of hydrogen-bond acceptors (Lipinski definition) is 6. The predicted octanol–water partition coefficient (Wildman–Crippen LogP) is 2.92. The molecule has 4 rings (SSSR count). The zero-order valence-electron chi connectivity index (χ0n) is 16.1. The molecular weight excluding hydrogens is 400 g/mol. The van der Waals surface area contributed by atoms with Crippen molar-refractivity contribution in [2.24, 2.45) is 5.10 Å². The van der Waals surface area contributed by atoms with Crippen molar-refractivity contribution in [3.8, 4) is 5.75 Å². The number of carbonyl (C=O) groups excluding carboxylic acids is 1. The molecule has 9 nitrogen and oxygen atoms in total. The van der Waals surface area contributed by atoms with Gasteiger partial charge in [0.15, 0.2) is 11.2 Å². The number of para-hydroxylation sites is 2. The fourth-order valence-corrected chi connectivity index (χ4v) is 3.37. The Morgan fingerprint density at radius 1 is 1.06 bits per heavy atom. The van der Waals surface area contributed by atoms with E-state index in [0.29, 0.717) is 27.4 Å². The number of hydrogen-bond donors (Lipinski definition) is 2. The molecule has 0 saturated heterocycles. The van der Waals surface area contributed by atoms with Gasteiger partial charge >= 0.3 is 5.69 Å². The summed E-state index contributed by atoms with van der Waals surface area (Å²) in [6.07, 6.45) is 1.24. The SMILES string of the molecule is O=C(Cn1c2ccccc2c(=O)c2ccccc21)NN=Cc1ccc(O)c([N+](=O)[O-])c1. The van der Waals surface area contributed by atoms with Gasteiger partial charge in [0.05, 0.1) is 22.2 Å². The molecule has 0 radical (unpaired) electrons. The third kappa shape index (κ3) is 3.84. The Morgan fingerprint density at radius 2 is 1.68 bits per heavy atom. The number of nitrogens with zero attached hydrogens (tertiary/aromatic N) is 3. The molecule has 1 heterocycles. The van der Waals surface area contributed by atoms with Crippen molar-refractivity contribution in [2.45, 2.75) is 6.54 Å². The molecule has 9 heteroatoms. The van der Waals surface area contributed by atoms with E-state index in [9.17, 15) is 24.8 Å². The number of aromatic hydroxyl groups is 1. The smallest absolute Gasteiger partial charge is 0.311 e. The van der Waals surface area contributed by atoms with Crippen LogP contribution in [0.1, 0.15) is 5.56 Å². The molecule has 0 saturated carbocycles. The predicted molar refractivity (Wildman–Crippen MR) is 116 cm³/mol. The number of phenolic OH excluding ortho intramolecular Hbond substituents is 1. The molecule has 1 amide bonds. The van der Waals surface area contributed by atoms with E-state index in [1.807, 2.05) is 0 Å². The quantitative estimate of drug-likeness (QED) is 0.224. The van der Waals surface area contributed by atoms with Crippen LogP contribution >= 0.6 is 0 Å². The van der Waals surface area contributed by atoms with Gasteiger partial charge in [-0.05, 0) is 36.4 Å². The van der Waals surface area contributed by atoms with Crippen LogP contribution < -0.4 is 10.9 Å². The van der Waals surface area contributed by atoms with E-state index in [4.69, 9.17) is 0 Å². The number of aromatic nitrogens is 1. The van der Waals surface area contributed by atoms with Crippen LogP contribution in [0.5, 0.6) is 5.75 Å². The molecule has 0 spiro atoms. The van der Waals surface area contributed by atoms with Crippen LogP contribution in [0.2, 0.25) is 0 Å². The van der Waals surface area contributed by atoms with E-state index >= 15 is 0 Å². The summed E-state index contributed by atoms with van der Waals surface area (Å²) < 4.78 is 1.74. The molecule has 0 aliphatic carbocycles. The molecule has 154 valence electrons. The first kappa shape index (κ1) is 19.8. The van der Waals surface area contributed by atoms with Gasteiger partial charge in [-0.25, -0.2) is 5.43 Å². The highest BCUT2D eigenvalue weighted by molar-refractivity contribution is 5.95. The number of phenols is 1. The van der Waals surface area contributed by atoms with Crippen LogP contribution in [0.3, 0.4) is 0 Å². The van der Waals surface area contributed by atoms with Crippen LogP contribution in [0.4, 0.5) is 5.69 Å². The highest BCUT2D eigenvalue weighted by atomic mass is 16.6. The maximum absolute atomic E-state index is 12.8. The Bertz CT molecular complexity index is 1360. The Morgan fingerprint density at radius 3 is 2.29 bits per heavy atom. The molecule has 0 fully saturated rings. The number of amides is 1. The second-order valence-electron chi connectivity index (χ2n) is 6.75. The Balaban J connectivity index is 1.61. The molecular formula is C22H16N4O5. The summed E-state index contributed by atoms with van der Waals surface area (Å²) in [4.78, 5) is 35.5. The van der Waals surface area contributed by atoms with Crippen molar-refractivity contribution in [2.75, 3.05) is 0 Å². The van der Waals surface area contributed by atoms with Gasteiger partial charge in [-0.15, -0.1) is 0 Å². The van der Waals surface area contributed by atoms with Gasteiger partial charge in [0.2, 0.25) is 0 Å². The van der Waals surface area contributed by atoms with Crippen molar-refractivity contribution in [3.05, 3.63) is 92.6 Å². The summed E-state index contributed by atoms with van der Waals surface area (Å²) >= 11 is 0. The molecule has 3 aromatic carbocycles. The van der Waals surface area contributed by atoms with Crippen LogP contribution in [0.15, 0.2) is 76.6 Å². The average Bonchev–Trinajstić information content (AvgIpc) is 2.77. The second kappa shape index (κ2) is 8.07. The number of rotatable bonds is 5. The van der Waals surface area contributed by atoms with Gasteiger partial charge in [0.25, 0.3) is 5.91 Å². The number of carbonyl (C=O) groups is 1. The third-order valence-corrected chi connectivity index (χ3v) is 4.78. The first-order chi connectivity index (χ1) is 15.0. The van der Waals surface area contributed by atoms with E-state index in [2.05, 4.69) is 10.5 Å².